The van der Waals surface area contributed by atoms with Crippen LogP contribution in [0.2, 0.25) is 0 Å². The number of hydrogen-bond acceptors (Lipinski definition) is 1. The molecule has 0 amide bonds. The fourth-order valence-electron chi connectivity index (χ4n) is 2.35. The lowest BCUT2D eigenvalue weighted by molar-refractivity contribution is 0.588. The van der Waals surface area contributed by atoms with Crippen LogP contribution in [0.15, 0.2) is 48.7 Å². The van der Waals surface area contributed by atoms with E-state index >= 15 is 0 Å². The van der Waals surface area contributed by atoms with E-state index in [1.807, 2.05) is 12.3 Å². The first-order chi connectivity index (χ1) is 8.43. The van der Waals surface area contributed by atoms with E-state index in [0.717, 1.165) is 17.9 Å². The van der Waals surface area contributed by atoms with Crippen molar-refractivity contribution in [3.05, 3.63) is 54.5 Å². The monoisotopic (exact) mass is 224 g/mol. The molecule has 0 fully saturated rings. The molecule has 1 aliphatic carbocycles. The van der Waals surface area contributed by atoms with Crippen LogP contribution in [0, 0.1) is 0 Å². The lowest BCUT2D eigenvalue weighted by Crippen LogP contribution is -2.02. The Balaban J connectivity index is 1.85. The third-order valence-electron chi connectivity index (χ3n) is 3.34. The molecule has 1 aromatic heterocycles. The number of aromatic nitrogens is 2. The highest BCUT2D eigenvalue weighted by Gasteiger charge is 2.15. The first-order valence-corrected chi connectivity index (χ1v) is 6.19. The zero-order valence-electron chi connectivity index (χ0n) is 9.76. The molecule has 0 bridgehead atoms. The number of allylic oxidation sites excluding steroid dienone is 2. The Bertz CT molecular complexity index is 511. The second kappa shape index (κ2) is 4.58. The van der Waals surface area contributed by atoms with Crippen molar-refractivity contribution in [2.45, 2.75) is 25.2 Å². The molecular weight excluding hydrogens is 208 g/mol. The summed E-state index contributed by atoms with van der Waals surface area (Å²) in [6.45, 7) is 0. The van der Waals surface area contributed by atoms with Crippen LogP contribution in [0.4, 0.5) is 0 Å². The average molecular weight is 224 g/mol. The van der Waals surface area contributed by atoms with E-state index in [2.05, 4.69) is 46.4 Å². The van der Waals surface area contributed by atoms with E-state index in [0.29, 0.717) is 5.92 Å². The Labute approximate surface area is 101 Å². The molecule has 3 rings (SSSR count). The fourth-order valence-corrected chi connectivity index (χ4v) is 2.35. The average Bonchev–Trinajstić information content (AvgIpc) is 2.90. The Morgan fingerprint density at radius 2 is 2.00 bits per heavy atom. The summed E-state index contributed by atoms with van der Waals surface area (Å²) in [4.78, 5) is 7.98. The van der Waals surface area contributed by atoms with Crippen LogP contribution in [0.3, 0.4) is 0 Å². The summed E-state index contributed by atoms with van der Waals surface area (Å²) < 4.78 is 0. The lowest BCUT2D eigenvalue weighted by Gasteiger charge is -2.14. The topological polar surface area (TPSA) is 28.7 Å². The van der Waals surface area contributed by atoms with E-state index in [4.69, 9.17) is 0 Å². The minimum atomic E-state index is 0.567. The van der Waals surface area contributed by atoms with Crippen molar-refractivity contribution in [1.82, 2.24) is 9.97 Å². The van der Waals surface area contributed by atoms with Gasteiger partial charge in [0.05, 0.1) is 11.9 Å². The minimum absolute atomic E-state index is 0.567. The van der Waals surface area contributed by atoms with Gasteiger partial charge < -0.3 is 4.98 Å². The van der Waals surface area contributed by atoms with Crippen LogP contribution in [0.1, 0.15) is 31.0 Å². The first kappa shape index (κ1) is 10.3. The molecule has 1 heterocycles. The third kappa shape index (κ3) is 2.16. The highest BCUT2D eigenvalue weighted by atomic mass is 14.9. The number of imidazole rings is 1. The molecule has 2 heteroatoms. The number of nitrogens with zero attached hydrogens (tertiary/aromatic N) is 1. The van der Waals surface area contributed by atoms with Gasteiger partial charge in [-0.3, -0.25) is 0 Å². The van der Waals surface area contributed by atoms with Crippen LogP contribution in [0.5, 0.6) is 0 Å². The van der Waals surface area contributed by atoms with E-state index < -0.39 is 0 Å². The van der Waals surface area contributed by atoms with Crippen molar-refractivity contribution < 1.29 is 0 Å². The Morgan fingerprint density at radius 3 is 2.76 bits per heavy atom. The largest absolute Gasteiger partial charge is 0.342 e. The number of nitrogens with one attached hydrogen (secondary N) is 1. The summed E-state index contributed by atoms with van der Waals surface area (Å²) in [5.74, 6) is 1.70. The first-order valence-electron chi connectivity index (χ1n) is 6.19. The molecule has 0 aliphatic heterocycles. The van der Waals surface area contributed by atoms with E-state index in [1.54, 1.807) is 0 Å². The summed E-state index contributed by atoms with van der Waals surface area (Å²) >= 11 is 0. The van der Waals surface area contributed by atoms with Crippen LogP contribution in [0.25, 0.3) is 11.3 Å². The number of H-pyrrole nitrogens is 1. The number of hydrogen-bond donors (Lipinski definition) is 1. The molecule has 1 atom stereocenters. The van der Waals surface area contributed by atoms with Gasteiger partial charge in [-0.1, -0.05) is 42.5 Å². The molecule has 0 saturated heterocycles. The Hall–Kier alpha value is -1.83. The molecule has 0 radical (unpaired) electrons. The van der Waals surface area contributed by atoms with E-state index in [1.165, 1.54) is 18.4 Å². The maximum absolute atomic E-state index is 4.53. The summed E-state index contributed by atoms with van der Waals surface area (Å²) in [5.41, 5.74) is 2.33. The standard InChI is InChI=1S/C15H16N2/c1-3-7-12(8-4-1)14-11-16-15(17-14)13-9-5-2-6-10-13/h1-5,7-8,11,13H,6,9-10H2,(H,16,17). The van der Waals surface area contributed by atoms with Crippen molar-refractivity contribution in [3.63, 3.8) is 0 Å². The fraction of sp³-hybridized carbons (Fsp3) is 0.267. The molecule has 1 aromatic carbocycles. The maximum atomic E-state index is 4.53. The summed E-state index contributed by atoms with van der Waals surface area (Å²) in [5, 5.41) is 0. The van der Waals surface area contributed by atoms with Crippen molar-refractivity contribution in [2.75, 3.05) is 0 Å². The summed E-state index contributed by atoms with van der Waals surface area (Å²) in [6.07, 6.45) is 9.96. The second-order valence-electron chi connectivity index (χ2n) is 4.53. The number of aromatic amines is 1. The molecule has 2 aromatic rings. The summed E-state index contributed by atoms with van der Waals surface area (Å²) in [6, 6.07) is 10.4. The van der Waals surface area contributed by atoms with Gasteiger partial charge in [0.25, 0.3) is 0 Å². The molecule has 0 spiro atoms. The van der Waals surface area contributed by atoms with Crippen molar-refractivity contribution >= 4 is 0 Å². The molecule has 0 saturated carbocycles. The smallest absolute Gasteiger partial charge is 0.109 e. The SMILES string of the molecule is C1=CCC(c2ncc(-c3ccccc3)[nH]2)CC1. The predicted octanol–water partition coefficient (Wildman–Crippen LogP) is 3.90. The molecule has 1 unspecified atom stereocenters. The normalized spacial score (nSPS) is 19.4. The quantitative estimate of drug-likeness (QED) is 0.770. The van der Waals surface area contributed by atoms with Gasteiger partial charge in [-0.05, 0) is 24.8 Å². The van der Waals surface area contributed by atoms with Gasteiger partial charge in [-0.2, -0.15) is 0 Å². The van der Waals surface area contributed by atoms with E-state index in [9.17, 15) is 0 Å². The third-order valence-corrected chi connectivity index (χ3v) is 3.34. The molecule has 2 nitrogen and oxygen atoms in total. The van der Waals surface area contributed by atoms with Crippen molar-refractivity contribution in [3.8, 4) is 11.3 Å². The van der Waals surface area contributed by atoms with Crippen molar-refractivity contribution in [1.29, 1.82) is 0 Å². The predicted molar refractivity (Wildman–Crippen MR) is 69.8 cm³/mol. The van der Waals surface area contributed by atoms with Crippen molar-refractivity contribution in [2.24, 2.45) is 0 Å². The minimum Gasteiger partial charge on any atom is -0.342 e. The van der Waals surface area contributed by atoms with Gasteiger partial charge in [-0.25, -0.2) is 4.98 Å². The zero-order valence-corrected chi connectivity index (χ0v) is 9.76. The maximum Gasteiger partial charge on any atom is 0.109 e. The molecule has 17 heavy (non-hydrogen) atoms. The van der Waals surface area contributed by atoms with Gasteiger partial charge in [-0.15, -0.1) is 0 Å². The lowest BCUT2D eigenvalue weighted by atomic mass is 9.94. The van der Waals surface area contributed by atoms with Crippen LogP contribution in [-0.2, 0) is 0 Å². The van der Waals surface area contributed by atoms with Gasteiger partial charge in [0.15, 0.2) is 0 Å². The molecule has 86 valence electrons. The molecule has 1 N–H and O–H groups in total. The van der Waals surface area contributed by atoms with Gasteiger partial charge >= 0.3 is 0 Å². The Morgan fingerprint density at radius 1 is 1.12 bits per heavy atom. The molecule has 1 aliphatic rings. The number of benzene rings is 1. The van der Waals surface area contributed by atoms with Crippen LogP contribution >= 0.6 is 0 Å². The van der Waals surface area contributed by atoms with Gasteiger partial charge in [0, 0.05) is 5.92 Å². The van der Waals surface area contributed by atoms with Gasteiger partial charge in [0.1, 0.15) is 5.82 Å². The highest BCUT2D eigenvalue weighted by molar-refractivity contribution is 5.58. The second-order valence-corrected chi connectivity index (χ2v) is 4.53. The Kier molecular flexibility index (Phi) is 2.78. The van der Waals surface area contributed by atoms with Crippen LogP contribution in [-0.4, -0.2) is 9.97 Å². The van der Waals surface area contributed by atoms with Crippen LogP contribution < -0.4 is 0 Å². The van der Waals surface area contributed by atoms with Gasteiger partial charge in [0.2, 0.25) is 0 Å². The summed E-state index contributed by atoms with van der Waals surface area (Å²) in [7, 11) is 0. The molecular formula is C15H16N2. The number of rotatable bonds is 2. The van der Waals surface area contributed by atoms with E-state index in [-0.39, 0.29) is 0 Å². The zero-order chi connectivity index (χ0) is 11.5. The highest BCUT2D eigenvalue weighted by Crippen LogP contribution is 2.28.